The molecule has 0 aliphatic carbocycles. The van der Waals surface area contributed by atoms with E-state index in [1.807, 2.05) is 78.9 Å². The lowest BCUT2D eigenvalue weighted by molar-refractivity contribution is -0.146. The molecule has 3 amide bonds. The van der Waals surface area contributed by atoms with Crippen LogP contribution in [-0.4, -0.2) is 90.2 Å². The number of nitrogens with zero attached hydrogens (tertiary/aromatic N) is 4. The molecule has 4 heterocycles. The largest absolute Gasteiger partial charge is 0.394 e. The third kappa shape index (κ3) is 4.25. The Labute approximate surface area is 246 Å². The summed E-state index contributed by atoms with van der Waals surface area (Å²) < 4.78 is 6.71. The van der Waals surface area contributed by atoms with Gasteiger partial charge in [-0.15, -0.1) is 0 Å². The first-order valence-electron chi connectivity index (χ1n) is 14.8. The van der Waals surface area contributed by atoms with Crippen molar-refractivity contribution in [3.05, 3.63) is 84.5 Å². The van der Waals surface area contributed by atoms with Crippen molar-refractivity contribution >= 4 is 29.1 Å². The summed E-state index contributed by atoms with van der Waals surface area (Å²) in [7, 11) is 1.72. The highest BCUT2D eigenvalue weighted by atomic mass is 16.5. The van der Waals surface area contributed by atoms with Gasteiger partial charge in [-0.05, 0) is 43.7 Å². The number of fused-ring (bicyclic) bond motifs is 2. The minimum Gasteiger partial charge on any atom is -0.394 e. The summed E-state index contributed by atoms with van der Waals surface area (Å²) in [6, 6.07) is 15.2. The van der Waals surface area contributed by atoms with Crippen molar-refractivity contribution < 1.29 is 24.2 Å². The molecule has 1 N–H and O–H groups in total. The number of aliphatic hydroxyl groups is 1. The highest BCUT2D eigenvalue weighted by molar-refractivity contribution is 6.06. The maximum absolute atomic E-state index is 14.7. The Bertz CT molecular complexity index is 1410. The van der Waals surface area contributed by atoms with Crippen LogP contribution < -0.4 is 9.80 Å². The Morgan fingerprint density at radius 2 is 1.67 bits per heavy atom. The monoisotopic (exact) mass is 570 g/mol. The van der Waals surface area contributed by atoms with Gasteiger partial charge < -0.3 is 29.4 Å². The van der Waals surface area contributed by atoms with Crippen LogP contribution in [0.3, 0.4) is 0 Å². The number of aliphatic hydroxyl groups excluding tert-OH is 1. The summed E-state index contributed by atoms with van der Waals surface area (Å²) in [5.41, 5.74) is 1.12. The second kappa shape index (κ2) is 11.0. The normalized spacial score (nSPS) is 29.2. The Morgan fingerprint density at radius 1 is 0.952 bits per heavy atom. The van der Waals surface area contributed by atoms with Crippen LogP contribution in [0.5, 0.6) is 0 Å². The van der Waals surface area contributed by atoms with E-state index in [9.17, 15) is 19.5 Å². The Balaban J connectivity index is 1.46. The number of benzene rings is 2. The minimum absolute atomic E-state index is 0.185. The smallest absolute Gasteiger partial charge is 0.253 e. The topological polar surface area (TPSA) is 93.6 Å². The number of likely N-dealkylation sites (tertiary alicyclic amines) is 1. The molecule has 4 aliphatic heterocycles. The molecular formula is C33H38N4O5. The number of ether oxygens (including phenoxy) is 1. The average molecular weight is 571 g/mol. The standard InChI is InChI=1S/C33H38N4O5/c1-4-35(5-2)23-14-16-24(17-15-23)36-20-10-18-33-28(27-26(42-33)13-9-19-34(3)30(27)39)31(40)37(29(33)32(36)41)25(21-38)22-11-7-6-8-12-22/h6-18,25-29,38H,4-5,19-21H2,1-3H3/t25-,26+,27-,28+,29?,33+/m1/s1. The highest BCUT2D eigenvalue weighted by Gasteiger charge is 2.72. The number of amides is 3. The van der Waals surface area contributed by atoms with E-state index in [2.05, 4.69) is 18.7 Å². The molecule has 9 heteroatoms. The summed E-state index contributed by atoms with van der Waals surface area (Å²) in [5, 5.41) is 10.7. The van der Waals surface area contributed by atoms with Gasteiger partial charge >= 0.3 is 0 Å². The summed E-state index contributed by atoms with van der Waals surface area (Å²) in [5.74, 6) is -2.53. The third-order valence-electron chi connectivity index (χ3n) is 9.28. The predicted molar refractivity (Wildman–Crippen MR) is 160 cm³/mol. The first-order valence-corrected chi connectivity index (χ1v) is 14.8. The lowest BCUT2D eigenvalue weighted by atomic mass is 9.77. The van der Waals surface area contributed by atoms with Crippen molar-refractivity contribution in [2.24, 2.45) is 11.8 Å². The van der Waals surface area contributed by atoms with Crippen molar-refractivity contribution in [2.75, 3.05) is 49.6 Å². The first-order chi connectivity index (χ1) is 20.4. The Morgan fingerprint density at radius 3 is 2.33 bits per heavy atom. The number of anilines is 2. The van der Waals surface area contributed by atoms with Crippen LogP contribution in [-0.2, 0) is 19.1 Å². The number of rotatable bonds is 7. The molecule has 2 aromatic carbocycles. The van der Waals surface area contributed by atoms with Crippen molar-refractivity contribution in [1.82, 2.24) is 9.80 Å². The molecule has 0 saturated carbocycles. The van der Waals surface area contributed by atoms with E-state index >= 15 is 0 Å². The molecule has 9 nitrogen and oxygen atoms in total. The van der Waals surface area contributed by atoms with Crippen molar-refractivity contribution in [3.8, 4) is 0 Å². The van der Waals surface area contributed by atoms with Crippen LogP contribution in [0.1, 0.15) is 25.5 Å². The number of likely N-dealkylation sites (N-methyl/N-ethyl adjacent to an activating group) is 1. The predicted octanol–water partition coefficient (Wildman–Crippen LogP) is 2.78. The summed E-state index contributed by atoms with van der Waals surface area (Å²) in [6.45, 7) is 6.27. The molecule has 2 aromatic rings. The van der Waals surface area contributed by atoms with Gasteiger partial charge in [-0.3, -0.25) is 14.4 Å². The van der Waals surface area contributed by atoms with E-state index in [0.717, 1.165) is 18.8 Å². The SMILES string of the molecule is CCN(CC)c1ccc(N2CC=C[C@]34O[C@H]5C=CCN(C)C(=O)[C@H]5[C@H]3C(=O)N([C@H](CO)c3ccccc3)C4C2=O)cc1. The van der Waals surface area contributed by atoms with Crippen molar-refractivity contribution in [3.63, 3.8) is 0 Å². The third-order valence-corrected chi connectivity index (χ3v) is 9.28. The van der Waals surface area contributed by atoms with E-state index < -0.39 is 35.6 Å². The van der Waals surface area contributed by atoms with E-state index in [1.54, 1.807) is 16.8 Å². The molecule has 0 aromatic heterocycles. The van der Waals surface area contributed by atoms with Crippen LogP contribution in [0.15, 0.2) is 78.9 Å². The average Bonchev–Trinajstić information content (AvgIpc) is 3.33. The summed E-state index contributed by atoms with van der Waals surface area (Å²) in [6.07, 6.45) is 6.80. The molecule has 42 heavy (non-hydrogen) atoms. The quantitative estimate of drug-likeness (QED) is 0.515. The van der Waals surface area contributed by atoms with Crippen LogP contribution in [0, 0.1) is 11.8 Å². The fourth-order valence-electron chi connectivity index (χ4n) is 7.23. The molecule has 4 aliphatic rings. The molecular weight excluding hydrogens is 532 g/mol. The second-order valence-corrected chi connectivity index (χ2v) is 11.4. The lowest BCUT2D eigenvalue weighted by Gasteiger charge is -2.38. The Hall–Kier alpha value is -3.95. The zero-order valence-corrected chi connectivity index (χ0v) is 24.3. The van der Waals surface area contributed by atoms with Crippen LogP contribution in [0.2, 0.25) is 0 Å². The molecule has 6 atom stereocenters. The number of carbonyl (C=O) groups excluding carboxylic acids is 3. The molecule has 2 saturated heterocycles. The van der Waals surface area contributed by atoms with Gasteiger partial charge in [0.2, 0.25) is 11.8 Å². The van der Waals surface area contributed by atoms with E-state index in [4.69, 9.17) is 4.74 Å². The molecule has 1 spiro atoms. The first kappa shape index (κ1) is 28.2. The molecule has 0 bridgehead atoms. The number of carbonyl (C=O) groups is 3. The van der Waals surface area contributed by atoms with Gasteiger partial charge in [0.1, 0.15) is 11.6 Å². The summed E-state index contributed by atoms with van der Waals surface area (Å²) in [4.78, 5) is 49.9. The maximum atomic E-state index is 14.7. The van der Waals surface area contributed by atoms with E-state index in [1.165, 1.54) is 4.90 Å². The number of hydrogen-bond donors (Lipinski definition) is 1. The fraction of sp³-hybridized carbons (Fsp3) is 0.424. The van der Waals surface area contributed by atoms with E-state index in [-0.39, 0.29) is 30.9 Å². The molecule has 2 fully saturated rings. The highest BCUT2D eigenvalue weighted by Crippen LogP contribution is 2.55. The van der Waals surface area contributed by atoms with Gasteiger partial charge in [0.05, 0.1) is 30.6 Å². The number of hydrogen-bond acceptors (Lipinski definition) is 6. The van der Waals surface area contributed by atoms with Crippen molar-refractivity contribution in [2.45, 2.75) is 37.6 Å². The fourth-order valence-corrected chi connectivity index (χ4v) is 7.23. The summed E-state index contributed by atoms with van der Waals surface area (Å²) >= 11 is 0. The van der Waals surface area contributed by atoms with Gasteiger partial charge in [-0.1, -0.05) is 54.6 Å². The zero-order valence-electron chi connectivity index (χ0n) is 24.3. The van der Waals surface area contributed by atoms with Gasteiger partial charge in [0, 0.05) is 44.6 Å². The molecule has 0 radical (unpaired) electrons. The van der Waals surface area contributed by atoms with Crippen LogP contribution in [0.4, 0.5) is 11.4 Å². The molecule has 6 rings (SSSR count). The van der Waals surface area contributed by atoms with Crippen molar-refractivity contribution in [1.29, 1.82) is 0 Å². The van der Waals surface area contributed by atoms with Crippen LogP contribution >= 0.6 is 0 Å². The van der Waals surface area contributed by atoms with Crippen LogP contribution in [0.25, 0.3) is 0 Å². The van der Waals surface area contributed by atoms with Gasteiger partial charge in [-0.2, -0.15) is 0 Å². The molecule has 220 valence electrons. The second-order valence-electron chi connectivity index (χ2n) is 11.4. The lowest BCUT2D eigenvalue weighted by Crippen LogP contribution is -2.56. The van der Waals surface area contributed by atoms with Gasteiger partial charge in [0.15, 0.2) is 0 Å². The minimum atomic E-state index is -1.36. The molecule has 1 unspecified atom stereocenters. The zero-order chi connectivity index (χ0) is 29.6. The Kier molecular flexibility index (Phi) is 7.41. The van der Waals surface area contributed by atoms with Gasteiger partial charge in [-0.25, -0.2) is 0 Å². The van der Waals surface area contributed by atoms with E-state index in [0.29, 0.717) is 17.8 Å². The van der Waals surface area contributed by atoms with Gasteiger partial charge in [0.25, 0.3) is 5.91 Å². The maximum Gasteiger partial charge on any atom is 0.253 e.